The zero-order chi connectivity index (χ0) is 14.6. The van der Waals surface area contributed by atoms with Gasteiger partial charge >= 0.3 is 0 Å². The summed E-state index contributed by atoms with van der Waals surface area (Å²) in [4.78, 5) is 0. The van der Waals surface area contributed by atoms with Gasteiger partial charge in [-0.15, -0.1) is 0 Å². The Kier molecular flexibility index (Phi) is 5.51. The van der Waals surface area contributed by atoms with Crippen LogP contribution in [0.5, 0.6) is 0 Å². The summed E-state index contributed by atoms with van der Waals surface area (Å²) in [7, 11) is 0. The molecule has 1 saturated carbocycles. The van der Waals surface area contributed by atoms with E-state index in [9.17, 15) is 0 Å². The van der Waals surface area contributed by atoms with Crippen molar-refractivity contribution in [1.82, 2.24) is 5.32 Å². The van der Waals surface area contributed by atoms with Crippen LogP contribution >= 0.6 is 11.6 Å². The molecule has 1 aromatic rings. The number of nitrogens with one attached hydrogen (secondary N) is 1. The van der Waals surface area contributed by atoms with Crippen molar-refractivity contribution in [1.29, 1.82) is 0 Å². The molecule has 1 aliphatic rings. The van der Waals surface area contributed by atoms with Crippen LogP contribution in [0.4, 0.5) is 0 Å². The summed E-state index contributed by atoms with van der Waals surface area (Å²) in [5, 5.41) is 4.62. The van der Waals surface area contributed by atoms with E-state index < -0.39 is 0 Å². The Morgan fingerprint density at radius 1 is 1.10 bits per heavy atom. The van der Waals surface area contributed by atoms with Crippen LogP contribution in [0.25, 0.3) is 0 Å². The topological polar surface area (TPSA) is 12.0 Å². The highest BCUT2D eigenvalue weighted by Gasteiger charge is 2.26. The van der Waals surface area contributed by atoms with Crippen LogP contribution in [-0.4, -0.2) is 12.1 Å². The summed E-state index contributed by atoms with van der Waals surface area (Å²) in [6.07, 6.45) is 6.60. The molecule has 1 N–H and O–H groups in total. The summed E-state index contributed by atoms with van der Waals surface area (Å²) in [5.41, 5.74) is 1.54. The van der Waals surface area contributed by atoms with Gasteiger partial charge in [-0.05, 0) is 70.0 Å². The first-order valence-electron chi connectivity index (χ1n) is 7.94. The summed E-state index contributed by atoms with van der Waals surface area (Å²) in [6, 6.07) is 8.32. The van der Waals surface area contributed by atoms with Gasteiger partial charge in [-0.1, -0.05) is 42.6 Å². The quantitative estimate of drug-likeness (QED) is 0.816. The first-order chi connectivity index (χ1) is 9.46. The Labute approximate surface area is 129 Å². The highest BCUT2D eigenvalue weighted by Crippen LogP contribution is 2.34. The second kappa shape index (κ2) is 6.95. The predicted octanol–water partition coefficient (Wildman–Crippen LogP) is 5.08. The Hall–Kier alpha value is -0.530. The molecular formula is C18H28ClN. The van der Waals surface area contributed by atoms with Gasteiger partial charge in [0.15, 0.2) is 0 Å². The molecule has 0 radical (unpaired) electrons. The third-order valence-electron chi connectivity index (χ3n) is 4.40. The van der Waals surface area contributed by atoms with E-state index in [0.29, 0.717) is 0 Å². The molecule has 2 heteroatoms. The van der Waals surface area contributed by atoms with Crippen molar-refractivity contribution in [3.05, 3.63) is 34.9 Å². The molecule has 112 valence electrons. The van der Waals surface area contributed by atoms with Gasteiger partial charge in [0.1, 0.15) is 0 Å². The van der Waals surface area contributed by atoms with Crippen molar-refractivity contribution in [2.45, 2.75) is 58.4 Å². The largest absolute Gasteiger partial charge is 0.312 e. The minimum Gasteiger partial charge on any atom is -0.312 e. The normalized spacial score (nSPS) is 23.8. The molecule has 0 amide bonds. The van der Waals surface area contributed by atoms with Crippen molar-refractivity contribution < 1.29 is 0 Å². The van der Waals surface area contributed by atoms with E-state index in [2.05, 4.69) is 38.2 Å². The first kappa shape index (κ1) is 15.9. The van der Waals surface area contributed by atoms with Gasteiger partial charge in [-0.25, -0.2) is 0 Å². The lowest BCUT2D eigenvalue weighted by molar-refractivity contribution is 0.213. The minimum atomic E-state index is 0.215. The molecule has 0 aliphatic heterocycles. The molecule has 1 aromatic carbocycles. The molecule has 2 atom stereocenters. The van der Waals surface area contributed by atoms with Crippen molar-refractivity contribution in [2.75, 3.05) is 6.54 Å². The third kappa shape index (κ3) is 4.79. The van der Waals surface area contributed by atoms with Crippen molar-refractivity contribution in [2.24, 2.45) is 11.8 Å². The number of benzene rings is 1. The van der Waals surface area contributed by atoms with E-state index in [4.69, 9.17) is 11.6 Å². The average molecular weight is 294 g/mol. The zero-order valence-electron chi connectivity index (χ0n) is 13.1. The Bertz CT molecular complexity index is 422. The van der Waals surface area contributed by atoms with Gasteiger partial charge in [0.25, 0.3) is 0 Å². The van der Waals surface area contributed by atoms with Gasteiger partial charge in [0, 0.05) is 10.6 Å². The van der Waals surface area contributed by atoms with Crippen molar-refractivity contribution in [3.8, 4) is 0 Å². The molecular weight excluding hydrogens is 266 g/mol. The highest BCUT2D eigenvalue weighted by atomic mass is 35.5. The molecule has 20 heavy (non-hydrogen) atoms. The molecule has 2 rings (SSSR count). The molecule has 1 fully saturated rings. The zero-order valence-corrected chi connectivity index (χ0v) is 13.8. The van der Waals surface area contributed by atoms with Crippen molar-refractivity contribution in [3.63, 3.8) is 0 Å². The standard InChI is InChI=1S/C18H28ClN/c1-18(2,3)20-13-16-10-5-4-8-14(16)12-15-9-6-7-11-17(15)19/h6-7,9,11,14,16,20H,4-5,8,10,12-13H2,1-3H3. The molecule has 0 aromatic heterocycles. The predicted molar refractivity (Wildman–Crippen MR) is 88.4 cm³/mol. The van der Waals surface area contributed by atoms with Crippen molar-refractivity contribution >= 4 is 11.6 Å². The summed E-state index contributed by atoms with van der Waals surface area (Å²) < 4.78 is 0. The van der Waals surface area contributed by atoms with Crippen LogP contribution in [0.3, 0.4) is 0 Å². The Morgan fingerprint density at radius 2 is 1.75 bits per heavy atom. The number of hydrogen-bond donors (Lipinski definition) is 1. The number of hydrogen-bond acceptors (Lipinski definition) is 1. The smallest absolute Gasteiger partial charge is 0.0438 e. The van der Waals surface area contributed by atoms with E-state index in [0.717, 1.165) is 29.8 Å². The molecule has 0 saturated heterocycles. The molecule has 1 aliphatic carbocycles. The summed E-state index contributed by atoms with van der Waals surface area (Å²) in [6.45, 7) is 7.88. The number of rotatable bonds is 4. The van der Waals surface area contributed by atoms with Gasteiger partial charge in [-0.2, -0.15) is 0 Å². The molecule has 0 heterocycles. The minimum absolute atomic E-state index is 0.215. The lowest BCUT2D eigenvalue weighted by Gasteiger charge is -2.34. The second-order valence-corrected chi connectivity index (χ2v) is 7.64. The summed E-state index contributed by atoms with van der Waals surface area (Å²) >= 11 is 6.33. The maximum absolute atomic E-state index is 6.33. The van der Waals surface area contributed by atoms with E-state index in [-0.39, 0.29) is 5.54 Å². The van der Waals surface area contributed by atoms with Gasteiger partial charge in [0.05, 0.1) is 0 Å². The maximum Gasteiger partial charge on any atom is 0.0438 e. The van der Waals surface area contributed by atoms with Crippen LogP contribution in [0.2, 0.25) is 5.02 Å². The molecule has 2 unspecified atom stereocenters. The fourth-order valence-electron chi connectivity index (χ4n) is 3.21. The molecule has 0 bridgehead atoms. The highest BCUT2D eigenvalue weighted by molar-refractivity contribution is 6.31. The summed E-state index contributed by atoms with van der Waals surface area (Å²) in [5.74, 6) is 1.57. The van der Waals surface area contributed by atoms with Crippen LogP contribution in [0.1, 0.15) is 52.0 Å². The Balaban J connectivity index is 1.98. The van der Waals surface area contributed by atoms with Crippen LogP contribution in [-0.2, 0) is 6.42 Å². The molecule has 0 spiro atoms. The average Bonchev–Trinajstić information content (AvgIpc) is 2.39. The van der Waals surface area contributed by atoms with Crippen LogP contribution in [0, 0.1) is 11.8 Å². The van der Waals surface area contributed by atoms with Crippen LogP contribution < -0.4 is 5.32 Å². The lowest BCUT2D eigenvalue weighted by atomic mass is 9.76. The third-order valence-corrected chi connectivity index (χ3v) is 4.77. The molecule has 1 nitrogen and oxygen atoms in total. The fraction of sp³-hybridized carbons (Fsp3) is 0.667. The monoisotopic (exact) mass is 293 g/mol. The second-order valence-electron chi connectivity index (χ2n) is 7.23. The maximum atomic E-state index is 6.33. The number of halogens is 1. The van der Waals surface area contributed by atoms with Gasteiger partial charge < -0.3 is 5.32 Å². The van der Waals surface area contributed by atoms with Gasteiger partial charge in [-0.3, -0.25) is 0 Å². The lowest BCUT2D eigenvalue weighted by Crippen LogP contribution is -2.41. The van der Waals surface area contributed by atoms with E-state index in [1.54, 1.807) is 0 Å². The van der Waals surface area contributed by atoms with E-state index >= 15 is 0 Å². The van der Waals surface area contributed by atoms with Crippen LogP contribution in [0.15, 0.2) is 24.3 Å². The van der Waals surface area contributed by atoms with E-state index in [1.165, 1.54) is 31.2 Å². The fourth-order valence-corrected chi connectivity index (χ4v) is 3.42. The Morgan fingerprint density at radius 3 is 2.40 bits per heavy atom. The van der Waals surface area contributed by atoms with Gasteiger partial charge in [0.2, 0.25) is 0 Å². The van der Waals surface area contributed by atoms with E-state index in [1.807, 2.05) is 12.1 Å². The SMILES string of the molecule is CC(C)(C)NCC1CCCCC1Cc1ccccc1Cl. The first-order valence-corrected chi connectivity index (χ1v) is 8.32.